The maximum Gasteiger partial charge on any atom is 0.220 e. The van der Waals surface area contributed by atoms with Crippen molar-refractivity contribution in [2.75, 3.05) is 6.61 Å². The first-order chi connectivity index (χ1) is 41.2. The van der Waals surface area contributed by atoms with Gasteiger partial charge in [-0.1, -0.05) is 373 Å². The van der Waals surface area contributed by atoms with Crippen LogP contribution in [0.1, 0.15) is 354 Å². The zero-order valence-corrected chi connectivity index (χ0v) is 55.2. The summed E-state index contributed by atoms with van der Waals surface area (Å²) in [7, 11) is 0. The number of nitrogens with one attached hydrogen (secondary N) is 1. The molecule has 0 fully saturated rings. The lowest BCUT2D eigenvalue weighted by molar-refractivity contribution is -0.123. The van der Waals surface area contributed by atoms with Crippen LogP contribution >= 0.6 is 0 Å². The van der Waals surface area contributed by atoms with Gasteiger partial charge in [0.2, 0.25) is 5.91 Å². The molecule has 0 heterocycles. The first kappa shape index (κ1) is 79.8. The largest absolute Gasteiger partial charge is 0.394 e. The summed E-state index contributed by atoms with van der Waals surface area (Å²) in [6.07, 6.45) is 112. The molecule has 0 saturated heterocycles. The van der Waals surface area contributed by atoms with Crippen molar-refractivity contribution in [2.45, 2.75) is 366 Å². The zero-order valence-electron chi connectivity index (χ0n) is 55.2. The molecule has 0 bridgehead atoms. The topological polar surface area (TPSA) is 69.6 Å². The van der Waals surface area contributed by atoms with Crippen LogP contribution in [0.2, 0.25) is 0 Å². The normalized spacial score (nSPS) is 13.4. The fourth-order valence-corrected chi connectivity index (χ4v) is 10.7. The van der Waals surface area contributed by atoms with E-state index in [2.05, 4.69) is 129 Å². The van der Waals surface area contributed by atoms with Gasteiger partial charge in [0, 0.05) is 6.42 Å². The van der Waals surface area contributed by atoms with Crippen LogP contribution < -0.4 is 5.32 Å². The van der Waals surface area contributed by atoms with Crippen molar-refractivity contribution in [3.63, 3.8) is 0 Å². The molecule has 4 nitrogen and oxygen atoms in total. The monoisotopic (exact) mass is 1150 g/mol. The van der Waals surface area contributed by atoms with Gasteiger partial charge >= 0.3 is 0 Å². The Kier molecular flexibility index (Phi) is 70.2. The molecule has 3 N–H and O–H groups in total. The van der Waals surface area contributed by atoms with Gasteiger partial charge in [-0.3, -0.25) is 4.79 Å². The molecule has 0 aliphatic carbocycles. The van der Waals surface area contributed by atoms with Crippen LogP contribution in [0.15, 0.2) is 122 Å². The second kappa shape index (κ2) is 73.0. The first-order valence-corrected chi connectivity index (χ1v) is 36.2. The highest BCUT2D eigenvalue weighted by Crippen LogP contribution is 2.18. The highest BCUT2D eigenvalue weighted by atomic mass is 16.3. The Morgan fingerprint density at radius 3 is 0.843 bits per heavy atom. The van der Waals surface area contributed by atoms with Gasteiger partial charge in [0.1, 0.15) is 0 Å². The minimum absolute atomic E-state index is 0.0744. The minimum atomic E-state index is -0.871. The number of carbonyl (C=O) groups excluding carboxylic acids is 1. The predicted molar refractivity (Wildman–Crippen MR) is 372 cm³/mol. The molecule has 0 radical (unpaired) electrons. The number of unbranched alkanes of at least 4 members (excludes halogenated alkanes) is 41. The SMILES string of the molecule is CC/C=C\C/C=C\C/C=C\C/C=C\C/C=C\C/C=C\C/C=C\C/C=C\CCCCCCCCCCCCCCCCC(=O)NC(CO)C(O)/C=C/CC/C=C/CCCCCCCCCCCCCCCCCCCCCCCCCCCC. The number of hydrogen-bond donors (Lipinski definition) is 3. The highest BCUT2D eigenvalue weighted by Gasteiger charge is 2.18. The summed E-state index contributed by atoms with van der Waals surface area (Å²) in [5.74, 6) is -0.0744. The molecule has 0 aliphatic rings. The summed E-state index contributed by atoms with van der Waals surface area (Å²) in [6, 6.07) is -0.648. The second-order valence-electron chi connectivity index (χ2n) is 24.3. The van der Waals surface area contributed by atoms with Gasteiger partial charge in [-0.05, 0) is 96.3 Å². The number of rotatable bonds is 66. The molecule has 0 rings (SSSR count). The standard InChI is InChI=1S/C79H139NO3/c1-3-5-7-9-11-13-15-17-19-21-23-25-27-29-31-33-35-37-38-39-40-41-42-43-45-47-49-51-53-55-57-59-61-63-65-67-69-71-73-75-79(83)80-77(76-81)78(82)74-72-70-68-66-64-62-60-58-56-54-52-50-48-46-44-36-34-32-30-28-26-24-22-20-18-16-14-12-10-8-6-4-2/h5,7,11,13,17,19,23,25,29,31,35,37,39-40,42-43,64,66,72,74,77-78,81-82H,3-4,6,8-10,12,14-16,18,20-22,24,26-28,30,32-34,36,38,41,44-63,65,67-71,73,75-76H2,1-2H3,(H,80,83)/b7-5-,13-11-,19-17-,25-23-,31-29-,37-35-,40-39-,43-42-,66-64+,74-72+. The van der Waals surface area contributed by atoms with Crippen LogP contribution in [0.3, 0.4) is 0 Å². The molecule has 0 aliphatic heterocycles. The Bertz CT molecular complexity index is 1590. The third-order valence-electron chi connectivity index (χ3n) is 16.2. The van der Waals surface area contributed by atoms with Crippen molar-refractivity contribution in [3.8, 4) is 0 Å². The molecule has 2 unspecified atom stereocenters. The predicted octanol–water partition coefficient (Wildman–Crippen LogP) is 25.1. The number of aliphatic hydroxyl groups excluding tert-OH is 2. The van der Waals surface area contributed by atoms with E-state index in [0.29, 0.717) is 6.42 Å². The molecular formula is C79H139NO3. The maximum absolute atomic E-state index is 12.5. The van der Waals surface area contributed by atoms with E-state index in [1.807, 2.05) is 6.08 Å². The molecule has 1 amide bonds. The average molecular weight is 1150 g/mol. The smallest absolute Gasteiger partial charge is 0.220 e. The third kappa shape index (κ3) is 69.5. The average Bonchev–Trinajstić information content (AvgIpc) is 3.51. The number of amides is 1. The van der Waals surface area contributed by atoms with Gasteiger partial charge < -0.3 is 15.5 Å². The molecular weight excluding hydrogens is 1010 g/mol. The molecule has 2 atom stereocenters. The van der Waals surface area contributed by atoms with Crippen molar-refractivity contribution in [1.82, 2.24) is 5.32 Å². The number of aliphatic hydroxyl groups is 2. The fourth-order valence-electron chi connectivity index (χ4n) is 10.7. The quantitative estimate of drug-likeness (QED) is 0.0420. The molecule has 4 heteroatoms. The maximum atomic E-state index is 12.5. The third-order valence-corrected chi connectivity index (χ3v) is 16.2. The molecule has 83 heavy (non-hydrogen) atoms. The lowest BCUT2D eigenvalue weighted by atomic mass is 10.0. The van der Waals surface area contributed by atoms with Gasteiger partial charge in [0.05, 0.1) is 18.8 Å². The molecule has 0 spiro atoms. The molecule has 0 saturated carbocycles. The van der Waals surface area contributed by atoms with Crippen LogP contribution in [0.25, 0.3) is 0 Å². The van der Waals surface area contributed by atoms with E-state index >= 15 is 0 Å². The first-order valence-electron chi connectivity index (χ1n) is 36.2. The summed E-state index contributed by atoms with van der Waals surface area (Å²) < 4.78 is 0. The Hall–Kier alpha value is -3.21. The van der Waals surface area contributed by atoms with Crippen LogP contribution in [-0.2, 0) is 4.79 Å². The summed E-state index contributed by atoms with van der Waals surface area (Å²) in [5, 5.41) is 23.3. The van der Waals surface area contributed by atoms with E-state index in [0.717, 1.165) is 83.5 Å². The highest BCUT2D eigenvalue weighted by molar-refractivity contribution is 5.76. The van der Waals surface area contributed by atoms with E-state index in [1.54, 1.807) is 6.08 Å². The van der Waals surface area contributed by atoms with Crippen LogP contribution in [0.5, 0.6) is 0 Å². The van der Waals surface area contributed by atoms with Crippen LogP contribution in [0.4, 0.5) is 0 Å². The summed E-state index contributed by atoms with van der Waals surface area (Å²) in [4.78, 5) is 12.5. The Morgan fingerprint density at radius 1 is 0.301 bits per heavy atom. The van der Waals surface area contributed by atoms with E-state index < -0.39 is 12.1 Å². The van der Waals surface area contributed by atoms with Crippen molar-refractivity contribution in [2.24, 2.45) is 0 Å². The van der Waals surface area contributed by atoms with E-state index in [4.69, 9.17) is 0 Å². The zero-order chi connectivity index (χ0) is 59.8. The van der Waals surface area contributed by atoms with E-state index in [-0.39, 0.29) is 12.5 Å². The van der Waals surface area contributed by atoms with Crippen molar-refractivity contribution in [3.05, 3.63) is 122 Å². The Morgan fingerprint density at radius 2 is 0.542 bits per heavy atom. The lowest BCUT2D eigenvalue weighted by Gasteiger charge is -2.19. The van der Waals surface area contributed by atoms with Gasteiger partial charge in [0.25, 0.3) is 0 Å². The minimum Gasteiger partial charge on any atom is -0.394 e. The van der Waals surface area contributed by atoms with Gasteiger partial charge in [-0.25, -0.2) is 0 Å². The van der Waals surface area contributed by atoms with Gasteiger partial charge in [-0.15, -0.1) is 0 Å². The molecule has 0 aromatic heterocycles. The molecule has 0 aromatic rings. The van der Waals surface area contributed by atoms with Crippen molar-refractivity contribution >= 4 is 5.91 Å². The van der Waals surface area contributed by atoms with E-state index in [9.17, 15) is 15.0 Å². The number of carbonyl (C=O) groups is 1. The Labute approximate surface area is 518 Å². The van der Waals surface area contributed by atoms with Crippen molar-refractivity contribution in [1.29, 1.82) is 0 Å². The Balaban J connectivity index is 3.52. The number of allylic oxidation sites excluding steroid dienone is 19. The van der Waals surface area contributed by atoms with Crippen LogP contribution in [-0.4, -0.2) is 34.9 Å². The number of hydrogen-bond acceptors (Lipinski definition) is 3. The van der Waals surface area contributed by atoms with Crippen molar-refractivity contribution < 1.29 is 15.0 Å². The van der Waals surface area contributed by atoms with Crippen LogP contribution in [0, 0.1) is 0 Å². The summed E-state index contributed by atoms with van der Waals surface area (Å²) in [5.41, 5.74) is 0. The second-order valence-corrected chi connectivity index (χ2v) is 24.3. The fraction of sp³-hybridized carbons (Fsp3) is 0.734. The molecule has 478 valence electrons. The lowest BCUT2D eigenvalue weighted by Crippen LogP contribution is -2.45. The molecule has 0 aromatic carbocycles. The van der Waals surface area contributed by atoms with E-state index in [1.165, 1.54) is 250 Å². The van der Waals surface area contributed by atoms with Gasteiger partial charge in [-0.2, -0.15) is 0 Å². The summed E-state index contributed by atoms with van der Waals surface area (Å²) in [6.45, 7) is 4.21. The summed E-state index contributed by atoms with van der Waals surface area (Å²) >= 11 is 0. The van der Waals surface area contributed by atoms with Gasteiger partial charge in [0.15, 0.2) is 0 Å².